The Morgan fingerprint density at radius 2 is 1.67 bits per heavy atom. The number of carbonyl (C=O) groups is 2. The molecule has 4 aliphatic rings. The maximum absolute atomic E-state index is 12.7. The second-order valence-electron chi connectivity index (χ2n) is 13.3. The van der Waals surface area contributed by atoms with Gasteiger partial charge in [0.25, 0.3) is 0 Å². The molecule has 0 aromatic carbocycles. The van der Waals surface area contributed by atoms with Gasteiger partial charge in [-0.3, -0.25) is 9.59 Å². The van der Waals surface area contributed by atoms with Gasteiger partial charge in [0.2, 0.25) is 5.91 Å². The maximum atomic E-state index is 12.7. The highest BCUT2D eigenvalue weighted by Gasteiger charge is 2.64. The van der Waals surface area contributed by atoms with Crippen molar-refractivity contribution in [2.24, 2.45) is 40.4 Å². The number of aliphatic hydroxyl groups excluding tert-OH is 1. The smallest absolute Gasteiger partial charge is 0.302 e. The van der Waals surface area contributed by atoms with Gasteiger partial charge in [-0.15, -0.1) is 0 Å². The summed E-state index contributed by atoms with van der Waals surface area (Å²) >= 11 is 0. The van der Waals surface area contributed by atoms with Crippen LogP contribution in [0.1, 0.15) is 86.5 Å². The molecule has 0 bridgehead atoms. The zero-order chi connectivity index (χ0) is 26.6. The molecule has 0 unspecified atom stereocenters. The fourth-order valence-corrected chi connectivity index (χ4v) is 9.49. The minimum Gasteiger partial charge on any atom is -0.460 e. The summed E-state index contributed by atoms with van der Waals surface area (Å²) in [6.07, 6.45) is 8.34. The molecule has 0 heterocycles. The van der Waals surface area contributed by atoms with Crippen molar-refractivity contribution >= 4 is 11.9 Å². The largest absolute Gasteiger partial charge is 0.460 e. The summed E-state index contributed by atoms with van der Waals surface area (Å²) in [5, 5.41) is 14.5. The minimum absolute atomic E-state index is 0.105. The fraction of sp³-hybridized carbons (Fsp3) is 0.867. The minimum atomic E-state index is -0.735. The number of rotatable bonds is 5. The molecule has 4 fully saturated rings. The van der Waals surface area contributed by atoms with Gasteiger partial charge in [0.1, 0.15) is 6.10 Å². The van der Waals surface area contributed by atoms with Crippen LogP contribution in [-0.4, -0.2) is 60.3 Å². The molecule has 4 saturated carbocycles. The second kappa shape index (κ2) is 10.1. The van der Waals surface area contributed by atoms with Crippen molar-refractivity contribution in [3.05, 3.63) is 11.6 Å². The Bertz CT molecular complexity index is 886. The zero-order valence-corrected chi connectivity index (χ0v) is 23.8. The van der Waals surface area contributed by atoms with Gasteiger partial charge in [0, 0.05) is 24.5 Å². The molecule has 0 saturated heterocycles. The van der Waals surface area contributed by atoms with Crippen LogP contribution in [-0.2, 0) is 14.3 Å². The van der Waals surface area contributed by atoms with E-state index in [4.69, 9.17) is 4.74 Å². The first kappa shape index (κ1) is 27.6. The number of nitrogens with one attached hydrogen (secondary N) is 1. The topological polar surface area (TPSA) is 78.9 Å². The van der Waals surface area contributed by atoms with Crippen LogP contribution < -0.4 is 5.32 Å². The summed E-state index contributed by atoms with van der Waals surface area (Å²) in [5.41, 5.74) is 0.874. The highest BCUT2D eigenvalue weighted by molar-refractivity contribution is 5.93. The number of allylic oxidation sites excluding steroid dienone is 1. The van der Waals surface area contributed by atoms with Crippen LogP contribution in [0.2, 0.25) is 0 Å². The average molecular weight is 503 g/mol. The summed E-state index contributed by atoms with van der Waals surface area (Å²) in [4.78, 5) is 27.4. The molecule has 4 rings (SSSR count). The predicted molar refractivity (Wildman–Crippen MR) is 142 cm³/mol. The summed E-state index contributed by atoms with van der Waals surface area (Å²) in [5.74, 6) is 2.23. The Morgan fingerprint density at radius 1 is 1.03 bits per heavy atom. The average Bonchev–Trinajstić information content (AvgIpc) is 3.16. The molecule has 0 radical (unpaired) electrons. The van der Waals surface area contributed by atoms with Crippen LogP contribution in [0.4, 0.5) is 0 Å². The molecule has 204 valence electrons. The molecule has 6 nitrogen and oxygen atoms in total. The van der Waals surface area contributed by atoms with Gasteiger partial charge in [-0.05, 0) is 114 Å². The third-order valence-corrected chi connectivity index (χ3v) is 11.6. The van der Waals surface area contributed by atoms with E-state index in [0.717, 1.165) is 24.7 Å². The van der Waals surface area contributed by atoms with Crippen LogP contribution >= 0.6 is 0 Å². The van der Waals surface area contributed by atoms with Gasteiger partial charge in [0.15, 0.2) is 0 Å². The third kappa shape index (κ3) is 4.44. The molecule has 0 spiro atoms. The highest BCUT2D eigenvalue weighted by Crippen LogP contribution is 2.68. The van der Waals surface area contributed by atoms with E-state index in [9.17, 15) is 14.7 Å². The lowest BCUT2D eigenvalue weighted by Crippen LogP contribution is -2.66. The van der Waals surface area contributed by atoms with Crippen molar-refractivity contribution in [2.45, 2.75) is 111 Å². The summed E-state index contributed by atoms with van der Waals surface area (Å²) in [7, 11) is 4.43. The number of esters is 1. The first-order valence-electron chi connectivity index (χ1n) is 14.3. The lowest BCUT2D eigenvalue weighted by molar-refractivity contribution is -0.197. The molecular weight excluding hydrogens is 452 g/mol. The third-order valence-electron chi connectivity index (χ3n) is 11.6. The first-order chi connectivity index (χ1) is 16.8. The number of hydrogen-bond donors (Lipinski definition) is 2. The molecule has 36 heavy (non-hydrogen) atoms. The van der Waals surface area contributed by atoms with E-state index in [1.54, 1.807) is 13.0 Å². The monoisotopic (exact) mass is 502 g/mol. The quantitative estimate of drug-likeness (QED) is 0.426. The zero-order valence-electron chi connectivity index (χ0n) is 23.8. The Hall–Kier alpha value is -1.40. The number of hydrogen-bond acceptors (Lipinski definition) is 5. The number of ether oxygens (including phenoxy) is 1. The maximum Gasteiger partial charge on any atom is 0.302 e. The molecule has 0 aromatic rings. The van der Waals surface area contributed by atoms with Gasteiger partial charge in [-0.1, -0.05) is 19.9 Å². The van der Waals surface area contributed by atoms with E-state index in [1.807, 2.05) is 6.92 Å². The fourth-order valence-electron chi connectivity index (χ4n) is 9.49. The first-order valence-corrected chi connectivity index (χ1v) is 14.3. The molecule has 1 amide bonds. The van der Waals surface area contributed by atoms with E-state index in [1.165, 1.54) is 32.6 Å². The highest BCUT2D eigenvalue weighted by atomic mass is 16.5. The van der Waals surface area contributed by atoms with Crippen molar-refractivity contribution in [3.8, 4) is 0 Å². The lowest BCUT2D eigenvalue weighted by atomic mass is 9.43. The van der Waals surface area contributed by atoms with E-state index in [-0.39, 0.29) is 23.2 Å². The number of carbonyl (C=O) groups excluding carboxylic acids is 2. The van der Waals surface area contributed by atoms with Crippen LogP contribution in [0.3, 0.4) is 0 Å². The Balaban J connectivity index is 1.61. The summed E-state index contributed by atoms with van der Waals surface area (Å²) < 4.78 is 5.95. The van der Waals surface area contributed by atoms with E-state index in [2.05, 4.69) is 45.1 Å². The van der Waals surface area contributed by atoms with Crippen molar-refractivity contribution in [1.29, 1.82) is 0 Å². The summed E-state index contributed by atoms with van der Waals surface area (Å²) in [6.45, 7) is 12.3. The Labute approximate surface area is 218 Å². The van der Waals surface area contributed by atoms with Gasteiger partial charge >= 0.3 is 5.97 Å². The van der Waals surface area contributed by atoms with E-state index < -0.39 is 18.2 Å². The normalized spacial score (nSPS) is 45.3. The molecule has 4 aliphatic carbocycles. The predicted octanol–water partition coefficient (Wildman–Crippen LogP) is 4.56. The molecule has 6 heteroatoms. The number of nitrogens with zero attached hydrogens (tertiary/aromatic N) is 1. The number of aliphatic hydroxyl groups is 1. The molecular formula is C30H50N2O4. The number of amides is 1. The van der Waals surface area contributed by atoms with Gasteiger partial charge in [0.05, 0.1) is 12.1 Å². The van der Waals surface area contributed by atoms with E-state index >= 15 is 0 Å². The van der Waals surface area contributed by atoms with Gasteiger partial charge in [-0.2, -0.15) is 0 Å². The van der Waals surface area contributed by atoms with Crippen LogP contribution in [0.25, 0.3) is 0 Å². The molecule has 2 N–H and O–H groups in total. The Morgan fingerprint density at radius 3 is 2.28 bits per heavy atom. The van der Waals surface area contributed by atoms with Crippen molar-refractivity contribution < 1.29 is 19.4 Å². The standard InChI is InChI=1S/C30H50N2O4/c1-9-17(2)28(35)31-26-25(34)16-30(6)23-14-15-29(5)21(18(3)32(7)8)12-13-22(29)20(23)10-11-24(30)27(26)36-19(4)33/h9,18,20-27,34H,10-16H2,1-8H3,(H,31,35)/b17-9+/t18-,20-,21+,22-,23-,24-,25-,26-,27+,29+,30+/m0/s1. The Kier molecular flexibility index (Phi) is 7.72. The molecule has 0 aliphatic heterocycles. The SMILES string of the molecule is C/C=C(\C)C(=O)N[C@@H]1[C@H](OC(C)=O)[C@@H]2CC[C@@H]3[C@H](CC[C@]4(C)[C@@H]([C@H](C)N(C)C)CC[C@@H]34)[C@@]2(C)C[C@@H]1O. The van der Waals surface area contributed by atoms with Crippen LogP contribution in [0.5, 0.6) is 0 Å². The van der Waals surface area contributed by atoms with Crippen LogP contribution in [0, 0.1) is 40.4 Å². The van der Waals surface area contributed by atoms with Crippen molar-refractivity contribution in [1.82, 2.24) is 10.2 Å². The van der Waals surface area contributed by atoms with Gasteiger partial charge < -0.3 is 20.1 Å². The van der Waals surface area contributed by atoms with Crippen LogP contribution in [0.15, 0.2) is 11.6 Å². The van der Waals surface area contributed by atoms with Crippen molar-refractivity contribution in [3.63, 3.8) is 0 Å². The lowest BCUT2D eigenvalue weighted by Gasteiger charge is -2.63. The second-order valence-corrected chi connectivity index (χ2v) is 13.3. The molecule has 11 atom stereocenters. The number of fused-ring (bicyclic) bond motifs is 5. The molecule has 0 aromatic heterocycles. The van der Waals surface area contributed by atoms with E-state index in [0.29, 0.717) is 35.3 Å². The summed E-state index contributed by atoms with van der Waals surface area (Å²) in [6, 6.07) is 0.00917. The van der Waals surface area contributed by atoms with Crippen molar-refractivity contribution in [2.75, 3.05) is 14.1 Å². The van der Waals surface area contributed by atoms with Gasteiger partial charge in [-0.25, -0.2) is 0 Å².